The van der Waals surface area contributed by atoms with E-state index in [1.54, 1.807) is 0 Å². The van der Waals surface area contributed by atoms with Crippen molar-refractivity contribution in [1.82, 2.24) is 5.32 Å². The molecule has 106 valence electrons. The molecule has 2 aliphatic carbocycles. The average molecular weight is 269 g/mol. The molecule has 0 bridgehead atoms. The Morgan fingerprint density at radius 3 is 2.60 bits per heavy atom. The highest BCUT2D eigenvalue weighted by Crippen LogP contribution is 2.57. The Morgan fingerprint density at radius 1 is 1.05 bits per heavy atom. The molecule has 3 fully saturated rings. The summed E-state index contributed by atoms with van der Waals surface area (Å²) in [6.07, 6.45) is 8.78. The van der Waals surface area contributed by atoms with E-state index in [1.807, 2.05) is 0 Å². The summed E-state index contributed by atoms with van der Waals surface area (Å²) in [5, 5.41) is 3.27. The number of rotatable bonds is 2. The van der Waals surface area contributed by atoms with Crippen LogP contribution in [0, 0.1) is 17.3 Å². The molecule has 20 heavy (non-hydrogen) atoms. The second-order valence-corrected chi connectivity index (χ2v) is 7.14. The first-order valence-electron chi connectivity index (χ1n) is 8.11. The van der Waals surface area contributed by atoms with E-state index < -0.39 is 0 Å². The van der Waals surface area contributed by atoms with Crippen LogP contribution in [0.2, 0.25) is 0 Å². The van der Waals surface area contributed by atoms with Crippen LogP contribution < -0.4 is 5.32 Å². The summed E-state index contributed by atoms with van der Waals surface area (Å²) in [6, 6.07) is 10.8. The fraction of sp³-hybridized carbons (Fsp3) is 0.611. The van der Waals surface area contributed by atoms with Gasteiger partial charge in [-0.3, -0.25) is 4.79 Å². The van der Waals surface area contributed by atoms with Gasteiger partial charge in [0.1, 0.15) is 0 Å². The molecule has 1 aromatic carbocycles. The molecule has 0 aromatic heterocycles. The first-order valence-corrected chi connectivity index (χ1v) is 8.11. The lowest BCUT2D eigenvalue weighted by Gasteiger charge is -2.41. The monoisotopic (exact) mass is 269 g/mol. The van der Waals surface area contributed by atoms with Gasteiger partial charge in [0.2, 0.25) is 5.91 Å². The van der Waals surface area contributed by atoms with E-state index in [4.69, 9.17) is 0 Å². The predicted octanol–water partition coefficient (Wildman–Crippen LogP) is 3.83. The fourth-order valence-electron chi connectivity index (χ4n) is 4.70. The van der Waals surface area contributed by atoms with Gasteiger partial charge in [-0.1, -0.05) is 43.2 Å². The first-order chi connectivity index (χ1) is 9.77. The fourth-order valence-corrected chi connectivity index (χ4v) is 4.70. The van der Waals surface area contributed by atoms with Crippen LogP contribution in [-0.4, -0.2) is 5.91 Å². The molecular formula is C18H23NO. The van der Waals surface area contributed by atoms with Gasteiger partial charge in [-0.05, 0) is 43.1 Å². The van der Waals surface area contributed by atoms with Crippen LogP contribution in [-0.2, 0) is 4.79 Å². The van der Waals surface area contributed by atoms with Gasteiger partial charge < -0.3 is 5.32 Å². The van der Waals surface area contributed by atoms with Gasteiger partial charge in [0.25, 0.3) is 0 Å². The number of nitrogens with one attached hydrogen (secondary N) is 1. The molecule has 3 aliphatic rings. The molecule has 2 nitrogen and oxygen atoms in total. The largest absolute Gasteiger partial charge is 0.349 e. The molecule has 1 aliphatic heterocycles. The van der Waals surface area contributed by atoms with Crippen molar-refractivity contribution in [3.05, 3.63) is 35.9 Å². The zero-order valence-electron chi connectivity index (χ0n) is 12.0. The number of hydrogen-bond donors (Lipinski definition) is 1. The van der Waals surface area contributed by atoms with Gasteiger partial charge in [0.15, 0.2) is 0 Å². The molecule has 2 saturated carbocycles. The van der Waals surface area contributed by atoms with Crippen molar-refractivity contribution in [3.8, 4) is 0 Å². The van der Waals surface area contributed by atoms with Crippen LogP contribution in [0.5, 0.6) is 0 Å². The lowest BCUT2D eigenvalue weighted by Crippen LogP contribution is -2.34. The number of carbonyl (C=O) groups excluding carboxylic acids is 1. The number of amides is 1. The van der Waals surface area contributed by atoms with E-state index in [9.17, 15) is 4.79 Å². The highest BCUT2D eigenvalue weighted by Gasteiger charge is 2.51. The van der Waals surface area contributed by atoms with Crippen LogP contribution in [0.25, 0.3) is 0 Å². The Kier molecular flexibility index (Phi) is 2.87. The quantitative estimate of drug-likeness (QED) is 0.868. The minimum atomic E-state index is 0.198. The van der Waals surface area contributed by atoms with Crippen LogP contribution in [0.1, 0.15) is 56.6 Å². The average Bonchev–Trinajstić information content (AvgIpc) is 3.26. The Hall–Kier alpha value is -1.31. The topological polar surface area (TPSA) is 29.1 Å². The summed E-state index contributed by atoms with van der Waals surface area (Å²) in [6.45, 7) is 0. The minimum Gasteiger partial charge on any atom is -0.349 e. The maximum atomic E-state index is 12.1. The number of hydrogen-bond acceptors (Lipinski definition) is 1. The summed E-state index contributed by atoms with van der Waals surface area (Å²) < 4.78 is 0. The summed E-state index contributed by atoms with van der Waals surface area (Å²) in [4.78, 5) is 12.1. The third-order valence-corrected chi connectivity index (χ3v) is 5.77. The van der Waals surface area contributed by atoms with Crippen molar-refractivity contribution >= 4 is 5.91 Å². The van der Waals surface area contributed by atoms with Gasteiger partial charge >= 0.3 is 0 Å². The van der Waals surface area contributed by atoms with E-state index in [0.29, 0.717) is 0 Å². The van der Waals surface area contributed by atoms with Crippen molar-refractivity contribution in [1.29, 1.82) is 0 Å². The number of benzene rings is 1. The Balaban J connectivity index is 1.65. The van der Waals surface area contributed by atoms with E-state index in [-0.39, 0.29) is 17.4 Å². The van der Waals surface area contributed by atoms with Crippen LogP contribution in [0.3, 0.4) is 0 Å². The maximum absolute atomic E-state index is 12.1. The third-order valence-electron chi connectivity index (χ3n) is 5.77. The third kappa shape index (κ3) is 2.06. The molecule has 2 heteroatoms. The summed E-state index contributed by atoms with van der Waals surface area (Å²) in [7, 11) is 0. The molecule has 1 saturated heterocycles. The predicted molar refractivity (Wildman–Crippen MR) is 79.1 cm³/mol. The van der Waals surface area contributed by atoms with Crippen molar-refractivity contribution in [3.63, 3.8) is 0 Å². The van der Waals surface area contributed by atoms with Crippen molar-refractivity contribution < 1.29 is 4.79 Å². The van der Waals surface area contributed by atoms with Gasteiger partial charge in [0.05, 0.1) is 6.04 Å². The summed E-state index contributed by atoms with van der Waals surface area (Å²) >= 11 is 0. The molecule has 4 rings (SSSR count). The Morgan fingerprint density at radius 2 is 1.85 bits per heavy atom. The molecule has 1 spiro atoms. The second kappa shape index (κ2) is 4.61. The van der Waals surface area contributed by atoms with Crippen LogP contribution >= 0.6 is 0 Å². The molecule has 3 unspecified atom stereocenters. The molecule has 1 heterocycles. The molecular weight excluding hydrogens is 246 g/mol. The number of carbonyl (C=O) groups is 1. The van der Waals surface area contributed by atoms with Crippen LogP contribution in [0.4, 0.5) is 0 Å². The SMILES string of the molecule is O=C1CC2(CCCC(C3CC3)C2)C(c2ccccc2)N1. The van der Waals surface area contributed by atoms with E-state index in [2.05, 4.69) is 35.6 Å². The highest BCUT2D eigenvalue weighted by atomic mass is 16.2. The zero-order valence-corrected chi connectivity index (χ0v) is 12.0. The van der Waals surface area contributed by atoms with Crippen molar-refractivity contribution in [2.24, 2.45) is 17.3 Å². The van der Waals surface area contributed by atoms with Gasteiger partial charge in [-0.2, -0.15) is 0 Å². The summed E-state index contributed by atoms with van der Waals surface area (Å²) in [5.74, 6) is 2.11. The van der Waals surface area contributed by atoms with Gasteiger partial charge in [0, 0.05) is 11.8 Å². The highest BCUT2D eigenvalue weighted by molar-refractivity contribution is 5.80. The Bertz CT molecular complexity index is 507. The lowest BCUT2D eigenvalue weighted by molar-refractivity contribution is -0.120. The molecule has 1 aromatic rings. The van der Waals surface area contributed by atoms with Gasteiger partial charge in [-0.15, -0.1) is 0 Å². The van der Waals surface area contributed by atoms with Crippen LogP contribution in [0.15, 0.2) is 30.3 Å². The van der Waals surface area contributed by atoms with Crippen molar-refractivity contribution in [2.45, 2.75) is 51.0 Å². The zero-order chi connectivity index (χ0) is 13.6. The standard InChI is InChI=1S/C18H23NO/c20-16-12-18(10-4-7-15(11-18)13-8-9-13)17(19-16)14-5-2-1-3-6-14/h1-3,5-6,13,15,17H,4,7-12H2,(H,19,20). The molecule has 1 N–H and O–H groups in total. The lowest BCUT2D eigenvalue weighted by atomic mass is 9.63. The minimum absolute atomic E-state index is 0.198. The Labute approximate surface area is 121 Å². The molecule has 1 amide bonds. The molecule has 3 atom stereocenters. The summed E-state index contributed by atoms with van der Waals surface area (Å²) in [5.41, 5.74) is 1.50. The van der Waals surface area contributed by atoms with E-state index >= 15 is 0 Å². The molecule has 0 radical (unpaired) electrons. The van der Waals surface area contributed by atoms with Crippen molar-refractivity contribution in [2.75, 3.05) is 0 Å². The maximum Gasteiger partial charge on any atom is 0.221 e. The smallest absolute Gasteiger partial charge is 0.221 e. The van der Waals surface area contributed by atoms with E-state index in [0.717, 1.165) is 18.3 Å². The normalized spacial score (nSPS) is 37.1. The second-order valence-electron chi connectivity index (χ2n) is 7.14. The van der Waals surface area contributed by atoms with Gasteiger partial charge in [-0.25, -0.2) is 0 Å². The van der Waals surface area contributed by atoms with E-state index in [1.165, 1.54) is 44.1 Å². The first kappa shape index (κ1) is 12.4.